The Bertz CT molecular complexity index is 659. The summed E-state index contributed by atoms with van der Waals surface area (Å²) in [6, 6.07) is 15.7. The molecule has 2 aromatic carbocycles. The highest BCUT2D eigenvalue weighted by Gasteiger charge is 2.03. The first-order valence-corrected chi connectivity index (χ1v) is 6.06. The highest BCUT2D eigenvalue weighted by Crippen LogP contribution is 2.24. The third-order valence-electron chi connectivity index (χ3n) is 2.82. The third-order valence-corrected chi connectivity index (χ3v) is 2.82. The van der Waals surface area contributed by atoms with Crippen LogP contribution in [-0.2, 0) is 6.42 Å². The zero-order valence-electron chi connectivity index (χ0n) is 10.2. The molecule has 3 heteroatoms. The number of aromatic nitrogens is 2. The number of hydrogen-bond acceptors (Lipinski definition) is 2. The van der Waals surface area contributed by atoms with E-state index in [0.29, 0.717) is 0 Å². The number of rotatable bonds is 3. The summed E-state index contributed by atoms with van der Waals surface area (Å²) in [5.74, 6) is 2.66. The van der Waals surface area contributed by atoms with Crippen LogP contribution < -0.4 is 4.74 Å². The summed E-state index contributed by atoms with van der Waals surface area (Å²) in [4.78, 5) is 7.75. The van der Waals surface area contributed by atoms with E-state index >= 15 is 0 Å². The van der Waals surface area contributed by atoms with Crippen molar-refractivity contribution in [2.75, 3.05) is 0 Å². The maximum Gasteiger partial charge on any atom is 0.129 e. The Kier molecular flexibility index (Phi) is 2.73. The topological polar surface area (TPSA) is 37.9 Å². The fourth-order valence-electron chi connectivity index (χ4n) is 1.90. The van der Waals surface area contributed by atoms with E-state index in [9.17, 15) is 0 Å². The van der Waals surface area contributed by atoms with Gasteiger partial charge in [0, 0.05) is 12.5 Å². The molecule has 0 radical (unpaired) electrons. The summed E-state index contributed by atoms with van der Waals surface area (Å²) in [6.07, 6.45) is 0.906. The minimum atomic E-state index is 0.819. The molecule has 0 atom stereocenters. The SMILES string of the molecule is CCc1nc2ccc(Oc3ccccc3)cc2[nH]1. The Morgan fingerprint density at radius 2 is 1.89 bits per heavy atom. The first-order chi connectivity index (χ1) is 8.85. The molecule has 0 bridgehead atoms. The lowest BCUT2D eigenvalue weighted by Gasteiger charge is -2.04. The summed E-state index contributed by atoms with van der Waals surface area (Å²) in [5.41, 5.74) is 1.99. The Hall–Kier alpha value is -2.29. The maximum absolute atomic E-state index is 5.78. The molecule has 1 N–H and O–H groups in total. The molecule has 0 saturated carbocycles. The Labute approximate surface area is 105 Å². The van der Waals surface area contributed by atoms with Gasteiger partial charge in [-0.1, -0.05) is 25.1 Å². The van der Waals surface area contributed by atoms with Crippen LogP contribution in [0.1, 0.15) is 12.7 Å². The van der Waals surface area contributed by atoms with E-state index < -0.39 is 0 Å². The van der Waals surface area contributed by atoms with E-state index in [2.05, 4.69) is 16.9 Å². The first-order valence-electron chi connectivity index (χ1n) is 6.06. The van der Waals surface area contributed by atoms with Gasteiger partial charge in [0.25, 0.3) is 0 Å². The molecule has 0 aliphatic rings. The molecule has 90 valence electrons. The van der Waals surface area contributed by atoms with Crippen molar-refractivity contribution in [3.8, 4) is 11.5 Å². The highest BCUT2D eigenvalue weighted by molar-refractivity contribution is 5.76. The van der Waals surface area contributed by atoms with Crippen molar-refractivity contribution in [1.82, 2.24) is 9.97 Å². The highest BCUT2D eigenvalue weighted by atomic mass is 16.5. The Morgan fingerprint density at radius 3 is 2.67 bits per heavy atom. The van der Waals surface area contributed by atoms with Crippen LogP contribution in [0.2, 0.25) is 0 Å². The zero-order chi connectivity index (χ0) is 12.4. The van der Waals surface area contributed by atoms with Gasteiger partial charge in [-0.05, 0) is 24.3 Å². The Balaban J connectivity index is 1.93. The van der Waals surface area contributed by atoms with Crippen molar-refractivity contribution in [3.63, 3.8) is 0 Å². The molecule has 0 unspecified atom stereocenters. The maximum atomic E-state index is 5.78. The fraction of sp³-hybridized carbons (Fsp3) is 0.133. The number of aryl methyl sites for hydroxylation is 1. The molecule has 18 heavy (non-hydrogen) atoms. The lowest BCUT2D eigenvalue weighted by molar-refractivity contribution is 0.483. The van der Waals surface area contributed by atoms with Crippen molar-refractivity contribution >= 4 is 11.0 Å². The molecule has 0 amide bonds. The molecular weight excluding hydrogens is 224 g/mol. The van der Waals surface area contributed by atoms with E-state index in [1.807, 2.05) is 48.5 Å². The number of benzene rings is 2. The van der Waals surface area contributed by atoms with Crippen LogP contribution >= 0.6 is 0 Å². The van der Waals surface area contributed by atoms with Crippen molar-refractivity contribution in [2.45, 2.75) is 13.3 Å². The van der Waals surface area contributed by atoms with Gasteiger partial charge in [-0.25, -0.2) is 4.98 Å². The second-order valence-corrected chi connectivity index (χ2v) is 4.13. The third kappa shape index (κ3) is 2.07. The summed E-state index contributed by atoms with van der Waals surface area (Å²) in [6.45, 7) is 2.08. The lowest BCUT2D eigenvalue weighted by Crippen LogP contribution is -1.83. The molecule has 0 fully saturated rings. The second kappa shape index (κ2) is 4.53. The number of imidazole rings is 1. The van der Waals surface area contributed by atoms with E-state index in [-0.39, 0.29) is 0 Å². The lowest BCUT2D eigenvalue weighted by atomic mass is 10.3. The van der Waals surface area contributed by atoms with Crippen molar-refractivity contribution in [3.05, 3.63) is 54.4 Å². The summed E-state index contributed by atoms with van der Waals surface area (Å²) < 4.78 is 5.78. The molecule has 0 saturated heterocycles. The summed E-state index contributed by atoms with van der Waals surface area (Å²) >= 11 is 0. The smallest absolute Gasteiger partial charge is 0.129 e. The van der Waals surface area contributed by atoms with Crippen LogP contribution in [0.3, 0.4) is 0 Å². The standard InChI is InChI=1S/C15H14N2O/c1-2-15-16-13-9-8-12(10-14(13)17-15)18-11-6-4-3-5-7-11/h3-10H,2H2,1H3,(H,16,17). The Morgan fingerprint density at radius 1 is 1.06 bits per heavy atom. The normalized spacial score (nSPS) is 10.7. The molecule has 3 nitrogen and oxygen atoms in total. The van der Waals surface area contributed by atoms with Gasteiger partial charge < -0.3 is 9.72 Å². The van der Waals surface area contributed by atoms with Crippen LogP contribution in [0, 0.1) is 0 Å². The number of H-pyrrole nitrogens is 1. The molecule has 0 aliphatic heterocycles. The average Bonchev–Trinajstić information content (AvgIpc) is 2.82. The predicted molar refractivity (Wildman–Crippen MR) is 72.0 cm³/mol. The number of aromatic amines is 1. The monoisotopic (exact) mass is 238 g/mol. The predicted octanol–water partition coefficient (Wildman–Crippen LogP) is 3.92. The zero-order valence-corrected chi connectivity index (χ0v) is 10.2. The van der Waals surface area contributed by atoms with Crippen LogP contribution in [0.4, 0.5) is 0 Å². The van der Waals surface area contributed by atoms with Gasteiger partial charge in [-0.2, -0.15) is 0 Å². The minimum Gasteiger partial charge on any atom is -0.457 e. The van der Waals surface area contributed by atoms with E-state index in [1.54, 1.807) is 0 Å². The van der Waals surface area contributed by atoms with Gasteiger partial charge >= 0.3 is 0 Å². The van der Waals surface area contributed by atoms with Crippen molar-refractivity contribution < 1.29 is 4.74 Å². The minimum absolute atomic E-state index is 0.819. The van der Waals surface area contributed by atoms with Crippen molar-refractivity contribution in [2.24, 2.45) is 0 Å². The van der Waals surface area contributed by atoms with E-state index in [4.69, 9.17) is 4.74 Å². The van der Waals surface area contributed by atoms with Gasteiger partial charge in [-0.15, -0.1) is 0 Å². The first kappa shape index (κ1) is 10.8. The van der Waals surface area contributed by atoms with Crippen molar-refractivity contribution in [1.29, 1.82) is 0 Å². The fourth-order valence-corrected chi connectivity index (χ4v) is 1.90. The number of para-hydroxylation sites is 1. The molecule has 3 rings (SSSR count). The number of fused-ring (bicyclic) bond motifs is 1. The molecule has 3 aromatic rings. The molecule has 1 aromatic heterocycles. The number of nitrogens with zero attached hydrogens (tertiary/aromatic N) is 1. The van der Waals surface area contributed by atoms with Crippen LogP contribution in [0.5, 0.6) is 11.5 Å². The van der Waals surface area contributed by atoms with Crippen LogP contribution in [-0.4, -0.2) is 9.97 Å². The number of ether oxygens (including phenoxy) is 1. The molecule has 1 heterocycles. The van der Waals surface area contributed by atoms with E-state index in [0.717, 1.165) is 34.8 Å². The van der Waals surface area contributed by atoms with Gasteiger partial charge in [0.1, 0.15) is 17.3 Å². The molecule has 0 aliphatic carbocycles. The van der Waals surface area contributed by atoms with Crippen LogP contribution in [0.15, 0.2) is 48.5 Å². The van der Waals surface area contributed by atoms with Gasteiger partial charge in [0.05, 0.1) is 11.0 Å². The van der Waals surface area contributed by atoms with E-state index in [1.165, 1.54) is 0 Å². The van der Waals surface area contributed by atoms with Gasteiger partial charge in [-0.3, -0.25) is 0 Å². The molecular formula is C15H14N2O. The summed E-state index contributed by atoms with van der Waals surface area (Å²) in [7, 11) is 0. The second-order valence-electron chi connectivity index (χ2n) is 4.13. The molecule has 0 spiro atoms. The quantitative estimate of drug-likeness (QED) is 0.751. The number of nitrogens with one attached hydrogen (secondary N) is 1. The number of hydrogen-bond donors (Lipinski definition) is 1. The van der Waals surface area contributed by atoms with Gasteiger partial charge in [0.15, 0.2) is 0 Å². The average molecular weight is 238 g/mol. The van der Waals surface area contributed by atoms with Gasteiger partial charge in [0.2, 0.25) is 0 Å². The largest absolute Gasteiger partial charge is 0.457 e. The van der Waals surface area contributed by atoms with Crippen LogP contribution in [0.25, 0.3) is 11.0 Å². The summed E-state index contributed by atoms with van der Waals surface area (Å²) in [5, 5.41) is 0.